The molecule has 9 heteroatoms. The van der Waals surface area contributed by atoms with Gasteiger partial charge in [-0.15, -0.1) is 24.0 Å². The second-order valence-electron chi connectivity index (χ2n) is 9.36. The Hall–Kier alpha value is -1.59. The summed E-state index contributed by atoms with van der Waals surface area (Å²) in [7, 11) is 0. The molecule has 0 atom stereocenters. The van der Waals surface area contributed by atoms with Gasteiger partial charge in [0.25, 0.3) is 0 Å². The minimum absolute atomic E-state index is 0. The van der Waals surface area contributed by atoms with Gasteiger partial charge in [-0.05, 0) is 51.7 Å². The molecule has 0 aliphatic carbocycles. The van der Waals surface area contributed by atoms with Crippen LogP contribution in [-0.4, -0.2) is 67.5 Å². The average molecular weight is 575 g/mol. The predicted molar refractivity (Wildman–Crippen MR) is 140 cm³/mol. The fourth-order valence-electron chi connectivity index (χ4n) is 3.60. The molecule has 186 valence electrons. The van der Waals surface area contributed by atoms with E-state index < -0.39 is 5.60 Å². The van der Waals surface area contributed by atoms with Crippen molar-refractivity contribution in [1.82, 2.24) is 15.5 Å². The average Bonchev–Trinajstić information content (AvgIpc) is 2.72. The zero-order valence-electron chi connectivity index (χ0n) is 20.3. The zero-order valence-corrected chi connectivity index (χ0v) is 22.6. The van der Waals surface area contributed by atoms with Crippen molar-refractivity contribution >= 4 is 36.0 Å². The highest BCUT2D eigenvalue weighted by atomic mass is 127. The maximum absolute atomic E-state index is 12.1. The van der Waals surface area contributed by atoms with Crippen molar-refractivity contribution in [3.05, 3.63) is 35.4 Å². The molecule has 2 heterocycles. The van der Waals surface area contributed by atoms with Crippen LogP contribution in [-0.2, 0) is 27.4 Å². The van der Waals surface area contributed by atoms with Gasteiger partial charge in [-0.2, -0.15) is 0 Å². The number of carbonyl (C=O) groups excluding carboxylic acids is 1. The van der Waals surface area contributed by atoms with Crippen molar-refractivity contribution in [2.24, 2.45) is 4.99 Å². The van der Waals surface area contributed by atoms with Crippen molar-refractivity contribution in [3.8, 4) is 0 Å². The Kier molecular flexibility index (Phi) is 11.2. The summed E-state index contributed by atoms with van der Waals surface area (Å²) in [6.07, 6.45) is 1.96. The molecule has 0 saturated carbocycles. The summed E-state index contributed by atoms with van der Waals surface area (Å²) >= 11 is 0. The molecule has 8 nitrogen and oxygen atoms in total. The van der Waals surface area contributed by atoms with Crippen molar-refractivity contribution in [3.63, 3.8) is 0 Å². The summed E-state index contributed by atoms with van der Waals surface area (Å²) in [6, 6.07) is 8.55. The van der Waals surface area contributed by atoms with Crippen LogP contribution in [0.25, 0.3) is 0 Å². The Morgan fingerprint density at radius 2 is 1.91 bits per heavy atom. The summed E-state index contributed by atoms with van der Waals surface area (Å²) in [5.41, 5.74) is 1.82. The molecule has 2 N–H and O–H groups in total. The number of guanidine groups is 1. The molecule has 33 heavy (non-hydrogen) atoms. The maximum atomic E-state index is 12.1. The molecule has 2 fully saturated rings. The standard InChI is InChI=1S/C24H38N4O4.HI/c1-5-25-22(27-20-15-28(16-20)23(29)32-24(2,3)4)26-14-18-7-6-8-19(13-18)17-31-21-9-11-30-12-10-21;/h6-8,13,20-21H,5,9-12,14-17H2,1-4H3,(H2,25,26,27);1H. The monoisotopic (exact) mass is 574 g/mol. The van der Waals surface area contributed by atoms with Crippen LogP contribution in [0.3, 0.4) is 0 Å². The lowest BCUT2D eigenvalue weighted by Crippen LogP contribution is -2.63. The third-order valence-corrected chi connectivity index (χ3v) is 5.28. The normalized spacial score (nSPS) is 17.7. The first-order valence-electron chi connectivity index (χ1n) is 11.6. The number of ether oxygens (including phenoxy) is 3. The number of hydrogen-bond acceptors (Lipinski definition) is 5. The highest BCUT2D eigenvalue weighted by Crippen LogP contribution is 2.16. The number of hydrogen-bond donors (Lipinski definition) is 2. The van der Waals surface area contributed by atoms with Crippen LogP contribution in [0.5, 0.6) is 0 Å². The number of carbonyl (C=O) groups is 1. The van der Waals surface area contributed by atoms with Crippen LogP contribution in [0.1, 0.15) is 51.7 Å². The highest BCUT2D eigenvalue weighted by Gasteiger charge is 2.34. The van der Waals surface area contributed by atoms with Gasteiger partial charge >= 0.3 is 6.09 Å². The van der Waals surface area contributed by atoms with E-state index in [1.54, 1.807) is 4.90 Å². The van der Waals surface area contributed by atoms with Gasteiger partial charge in [0.1, 0.15) is 5.60 Å². The van der Waals surface area contributed by atoms with Crippen LogP contribution in [0.4, 0.5) is 4.79 Å². The molecule has 1 aromatic rings. The molecule has 2 aliphatic heterocycles. The Morgan fingerprint density at radius 3 is 2.58 bits per heavy atom. The van der Waals surface area contributed by atoms with E-state index in [4.69, 9.17) is 19.2 Å². The van der Waals surface area contributed by atoms with Gasteiger partial charge in [0.05, 0.1) is 25.3 Å². The predicted octanol–water partition coefficient (Wildman–Crippen LogP) is 3.67. The lowest BCUT2D eigenvalue weighted by molar-refractivity contribution is -0.0390. The lowest BCUT2D eigenvalue weighted by Gasteiger charge is -2.40. The van der Waals surface area contributed by atoms with E-state index in [0.717, 1.165) is 49.7 Å². The molecule has 3 rings (SSSR count). The third-order valence-electron chi connectivity index (χ3n) is 5.28. The van der Waals surface area contributed by atoms with Crippen molar-refractivity contribution in [2.45, 2.75) is 71.4 Å². The molecule has 1 amide bonds. The van der Waals surface area contributed by atoms with Gasteiger partial charge < -0.3 is 29.7 Å². The molecule has 0 spiro atoms. The Bertz CT molecular complexity index is 772. The Labute approximate surface area is 214 Å². The van der Waals surface area contributed by atoms with Crippen LogP contribution in [0.15, 0.2) is 29.3 Å². The van der Waals surface area contributed by atoms with Crippen LogP contribution < -0.4 is 10.6 Å². The maximum Gasteiger partial charge on any atom is 0.410 e. The number of halogens is 1. The first-order chi connectivity index (χ1) is 15.3. The summed E-state index contributed by atoms with van der Waals surface area (Å²) in [4.78, 5) is 18.5. The Morgan fingerprint density at radius 1 is 1.21 bits per heavy atom. The van der Waals surface area contributed by atoms with E-state index in [2.05, 4.69) is 34.9 Å². The number of nitrogens with one attached hydrogen (secondary N) is 2. The molecule has 0 bridgehead atoms. The summed E-state index contributed by atoms with van der Waals surface area (Å²) in [6.45, 7) is 12.4. The smallest absolute Gasteiger partial charge is 0.410 e. The molecule has 0 aromatic heterocycles. The van der Waals surface area contributed by atoms with Gasteiger partial charge in [-0.3, -0.25) is 0 Å². The van der Waals surface area contributed by atoms with E-state index in [0.29, 0.717) is 26.2 Å². The SMILES string of the molecule is CCNC(=NCc1cccc(COC2CCOCC2)c1)NC1CN(C(=O)OC(C)(C)C)C1.I. The number of nitrogens with zero attached hydrogens (tertiary/aromatic N) is 2. The van der Waals surface area contributed by atoms with Crippen LogP contribution in [0.2, 0.25) is 0 Å². The summed E-state index contributed by atoms with van der Waals surface area (Å²) in [5.74, 6) is 0.755. The summed E-state index contributed by atoms with van der Waals surface area (Å²) in [5, 5.41) is 6.69. The van der Waals surface area contributed by atoms with E-state index in [-0.39, 0.29) is 42.2 Å². The number of benzene rings is 1. The molecule has 2 aliphatic rings. The van der Waals surface area contributed by atoms with Gasteiger partial charge in [-0.1, -0.05) is 24.3 Å². The van der Waals surface area contributed by atoms with E-state index >= 15 is 0 Å². The first kappa shape index (κ1) is 27.7. The Balaban J connectivity index is 0.00000385. The van der Waals surface area contributed by atoms with Crippen molar-refractivity contribution < 1.29 is 19.0 Å². The third kappa shape index (κ3) is 9.66. The zero-order chi connectivity index (χ0) is 23.0. The molecular formula is C24H39IN4O4. The van der Waals surface area contributed by atoms with E-state index in [1.165, 1.54) is 0 Å². The molecule has 1 aromatic carbocycles. The topological polar surface area (TPSA) is 84.4 Å². The first-order valence-corrected chi connectivity index (χ1v) is 11.6. The largest absolute Gasteiger partial charge is 0.444 e. The lowest BCUT2D eigenvalue weighted by atomic mass is 10.1. The van der Waals surface area contributed by atoms with E-state index in [1.807, 2.05) is 27.7 Å². The van der Waals surface area contributed by atoms with Crippen molar-refractivity contribution in [1.29, 1.82) is 0 Å². The fraction of sp³-hybridized carbons (Fsp3) is 0.667. The van der Waals surface area contributed by atoms with Gasteiger partial charge in [0.15, 0.2) is 5.96 Å². The molecule has 2 saturated heterocycles. The van der Waals surface area contributed by atoms with E-state index in [9.17, 15) is 4.79 Å². The number of rotatable bonds is 7. The van der Waals surface area contributed by atoms with Gasteiger partial charge in [0.2, 0.25) is 0 Å². The number of amides is 1. The molecule has 0 radical (unpaired) electrons. The molecule has 0 unspecified atom stereocenters. The van der Waals surface area contributed by atoms with Crippen LogP contribution >= 0.6 is 24.0 Å². The quantitative estimate of drug-likeness (QED) is 0.294. The number of aliphatic imine (C=N–C) groups is 1. The number of likely N-dealkylation sites (tertiary alicyclic amines) is 1. The highest BCUT2D eigenvalue weighted by molar-refractivity contribution is 14.0. The van der Waals surface area contributed by atoms with Gasteiger partial charge in [-0.25, -0.2) is 9.79 Å². The second kappa shape index (κ2) is 13.3. The van der Waals surface area contributed by atoms with Gasteiger partial charge in [0, 0.05) is 32.8 Å². The second-order valence-corrected chi connectivity index (χ2v) is 9.36. The fourth-order valence-corrected chi connectivity index (χ4v) is 3.60. The molecular weight excluding hydrogens is 535 g/mol. The van der Waals surface area contributed by atoms with Crippen molar-refractivity contribution in [2.75, 3.05) is 32.8 Å². The minimum atomic E-state index is -0.476. The van der Waals surface area contributed by atoms with Crippen LogP contribution in [0, 0.1) is 0 Å². The summed E-state index contributed by atoms with van der Waals surface area (Å²) < 4.78 is 16.8. The minimum Gasteiger partial charge on any atom is -0.444 e.